The zero-order valence-electron chi connectivity index (χ0n) is 12.1. The molecule has 0 aliphatic carbocycles. The molecular weight excluding hydrogens is 272 g/mol. The Morgan fingerprint density at radius 1 is 1.30 bits per heavy atom. The molecule has 1 saturated heterocycles. The van der Waals surface area contributed by atoms with Crippen LogP contribution in [-0.2, 0) is 10.0 Å². The van der Waals surface area contributed by atoms with E-state index in [9.17, 15) is 8.42 Å². The Balaban J connectivity index is 2.07. The highest BCUT2D eigenvalue weighted by Crippen LogP contribution is 2.17. The molecule has 1 aromatic carbocycles. The quantitative estimate of drug-likeness (QED) is 0.853. The van der Waals surface area contributed by atoms with Crippen LogP contribution in [0.15, 0.2) is 35.7 Å². The highest BCUT2D eigenvalue weighted by Gasteiger charge is 2.27. The minimum Gasteiger partial charge on any atom is -0.305 e. The van der Waals surface area contributed by atoms with E-state index in [4.69, 9.17) is 0 Å². The fourth-order valence-corrected chi connectivity index (χ4v) is 3.58. The molecule has 1 aliphatic heterocycles. The second kappa shape index (κ2) is 6.52. The SMILES string of the molecule is CN1CCC[C@H](N(C)S(=O)(=O)/C=C/c2ccccc2)C1. The fraction of sp³-hybridized carbons (Fsp3) is 0.467. The van der Waals surface area contributed by atoms with Gasteiger partial charge in [-0.3, -0.25) is 0 Å². The molecule has 110 valence electrons. The van der Waals surface area contributed by atoms with E-state index < -0.39 is 10.0 Å². The third kappa shape index (κ3) is 3.91. The normalized spacial score (nSPS) is 21.6. The number of sulfonamides is 1. The van der Waals surface area contributed by atoms with Crippen LogP contribution in [0.25, 0.3) is 6.08 Å². The third-order valence-corrected chi connectivity index (χ3v) is 5.33. The van der Waals surface area contributed by atoms with Gasteiger partial charge in [-0.05, 0) is 38.1 Å². The van der Waals surface area contributed by atoms with Gasteiger partial charge in [0.2, 0.25) is 10.0 Å². The van der Waals surface area contributed by atoms with Crippen LogP contribution in [0, 0.1) is 0 Å². The largest absolute Gasteiger partial charge is 0.305 e. The third-order valence-electron chi connectivity index (χ3n) is 3.75. The average molecular weight is 294 g/mol. The summed E-state index contributed by atoms with van der Waals surface area (Å²) < 4.78 is 26.2. The lowest BCUT2D eigenvalue weighted by Crippen LogP contribution is -2.46. The van der Waals surface area contributed by atoms with Gasteiger partial charge in [-0.1, -0.05) is 30.3 Å². The van der Waals surface area contributed by atoms with Gasteiger partial charge in [0.05, 0.1) is 0 Å². The van der Waals surface area contributed by atoms with Crippen LogP contribution < -0.4 is 0 Å². The lowest BCUT2D eigenvalue weighted by Gasteiger charge is -2.34. The molecule has 0 saturated carbocycles. The predicted molar refractivity (Wildman–Crippen MR) is 82.7 cm³/mol. The van der Waals surface area contributed by atoms with Crippen LogP contribution >= 0.6 is 0 Å². The first kappa shape index (κ1) is 15.2. The van der Waals surface area contributed by atoms with Gasteiger partial charge in [0.15, 0.2) is 0 Å². The van der Waals surface area contributed by atoms with Gasteiger partial charge in [0.25, 0.3) is 0 Å². The summed E-state index contributed by atoms with van der Waals surface area (Å²) in [5.74, 6) is 0. The Morgan fingerprint density at radius 3 is 2.65 bits per heavy atom. The summed E-state index contributed by atoms with van der Waals surface area (Å²) >= 11 is 0. The van der Waals surface area contributed by atoms with Crippen LogP contribution in [0.3, 0.4) is 0 Å². The summed E-state index contributed by atoms with van der Waals surface area (Å²) in [6.07, 6.45) is 3.63. The zero-order valence-corrected chi connectivity index (χ0v) is 12.9. The van der Waals surface area contributed by atoms with Crippen molar-refractivity contribution in [3.05, 3.63) is 41.3 Å². The van der Waals surface area contributed by atoms with E-state index >= 15 is 0 Å². The Kier molecular flexibility index (Phi) is 4.96. The van der Waals surface area contributed by atoms with Crippen molar-refractivity contribution >= 4 is 16.1 Å². The maximum absolute atomic E-state index is 12.3. The van der Waals surface area contributed by atoms with Crippen LogP contribution in [0.5, 0.6) is 0 Å². The van der Waals surface area contributed by atoms with Gasteiger partial charge in [0, 0.05) is 25.0 Å². The van der Waals surface area contributed by atoms with Gasteiger partial charge < -0.3 is 4.90 Å². The smallest absolute Gasteiger partial charge is 0.236 e. The van der Waals surface area contributed by atoms with Gasteiger partial charge in [0.1, 0.15) is 0 Å². The number of benzene rings is 1. The van der Waals surface area contributed by atoms with Crippen molar-refractivity contribution in [3.63, 3.8) is 0 Å². The molecule has 4 nitrogen and oxygen atoms in total. The molecule has 0 radical (unpaired) electrons. The summed E-state index contributed by atoms with van der Waals surface area (Å²) in [4.78, 5) is 2.18. The molecule has 1 heterocycles. The van der Waals surface area contributed by atoms with E-state index in [2.05, 4.69) is 4.90 Å². The molecule has 0 amide bonds. The zero-order chi connectivity index (χ0) is 14.6. The molecule has 0 aromatic heterocycles. The van der Waals surface area contributed by atoms with E-state index in [1.165, 1.54) is 9.71 Å². The summed E-state index contributed by atoms with van der Waals surface area (Å²) in [5, 5.41) is 1.30. The monoisotopic (exact) mass is 294 g/mol. The van der Waals surface area contributed by atoms with Crippen molar-refractivity contribution in [3.8, 4) is 0 Å². The molecule has 1 fully saturated rings. The van der Waals surface area contributed by atoms with Crippen molar-refractivity contribution < 1.29 is 8.42 Å². The van der Waals surface area contributed by atoms with Gasteiger partial charge in [-0.25, -0.2) is 8.42 Å². The summed E-state index contributed by atoms with van der Waals surface area (Å²) in [6, 6.07) is 9.55. The molecule has 0 unspecified atom stereocenters. The Bertz CT molecular complexity index is 554. The average Bonchev–Trinajstić information content (AvgIpc) is 2.45. The predicted octanol–water partition coefficient (Wildman–Crippen LogP) is 2.01. The molecule has 2 rings (SSSR count). The van der Waals surface area contributed by atoms with Crippen LogP contribution in [0.4, 0.5) is 0 Å². The van der Waals surface area contributed by atoms with Gasteiger partial charge in [-0.15, -0.1) is 0 Å². The number of nitrogens with zero attached hydrogens (tertiary/aromatic N) is 2. The maximum Gasteiger partial charge on any atom is 0.236 e. The lowest BCUT2D eigenvalue weighted by atomic mass is 10.1. The van der Waals surface area contributed by atoms with E-state index in [1.807, 2.05) is 37.4 Å². The Hall–Kier alpha value is -1.17. The maximum atomic E-state index is 12.3. The number of hydrogen-bond donors (Lipinski definition) is 0. The number of likely N-dealkylation sites (N-methyl/N-ethyl adjacent to an activating group) is 2. The van der Waals surface area contributed by atoms with Crippen molar-refractivity contribution in [2.45, 2.75) is 18.9 Å². The van der Waals surface area contributed by atoms with E-state index in [0.717, 1.165) is 31.5 Å². The van der Waals surface area contributed by atoms with Crippen LogP contribution in [-0.4, -0.2) is 50.8 Å². The molecule has 1 aliphatic rings. The molecule has 5 heteroatoms. The second-order valence-electron chi connectivity index (χ2n) is 5.33. The minimum atomic E-state index is -3.36. The van der Waals surface area contributed by atoms with Crippen molar-refractivity contribution in [1.29, 1.82) is 0 Å². The molecular formula is C15H22N2O2S. The fourth-order valence-electron chi connectivity index (χ4n) is 2.47. The summed E-state index contributed by atoms with van der Waals surface area (Å²) in [5.41, 5.74) is 0.894. The first-order valence-corrected chi connectivity index (χ1v) is 8.39. The number of rotatable bonds is 4. The Morgan fingerprint density at radius 2 is 2.00 bits per heavy atom. The summed E-state index contributed by atoms with van der Waals surface area (Å²) in [6.45, 7) is 1.85. The summed E-state index contributed by atoms with van der Waals surface area (Å²) in [7, 11) is 0.354. The standard InChI is InChI=1S/C15H22N2O2S/c1-16-11-6-9-15(13-16)17(2)20(18,19)12-10-14-7-4-3-5-8-14/h3-5,7-8,10,12,15H,6,9,11,13H2,1-2H3/b12-10+/t15-/m0/s1. The van der Waals surface area contributed by atoms with Crippen molar-refractivity contribution in [2.75, 3.05) is 27.2 Å². The second-order valence-corrected chi connectivity index (χ2v) is 7.21. The van der Waals surface area contributed by atoms with Crippen LogP contribution in [0.2, 0.25) is 0 Å². The first-order chi connectivity index (χ1) is 9.49. The van der Waals surface area contributed by atoms with E-state index in [0.29, 0.717) is 0 Å². The number of hydrogen-bond acceptors (Lipinski definition) is 3. The van der Waals surface area contributed by atoms with Gasteiger partial charge in [-0.2, -0.15) is 4.31 Å². The minimum absolute atomic E-state index is 0.0687. The molecule has 1 atom stereocenters. The lowest BCUT2D eigenvalue weighted by molar-refractivity contribution is 0.188. The Labute approximate surface area is 121 Å². The highest BCUT2D eigenvalue weighted by molar-refractivity contribution is 7.92. The van der Waals surface area contributed by atoms with Crippen LogP contribution in [0.1, 0.15) is 18.4 Å². The topological polar surface area (TPSA) is 40.6 Å². The first-order valence-electron chi connectivity index (χ1n) is 6.89. The highest BCUT2D eigenvalue weighted by atomic mass is 32.2. The molecule has 0 bridgehead atoms. The molecule has 20 heavy (non-hydrogen) atoms. The molecule has 0 N–H and O–H groups in total. The molecule has 1 aromatic rings. The number of likely N-dealkylation sites (tertiary alicyclic amines) is 1. The van der Waals surface area contributed by atoms with Crippen molar-refractivity contribution in [2.24, 2.45) is 0 Å². The van der Waals surface area contributed by atoms with E-state index in [1.54, 1.807) is 13.1 Å². The molecule has 0 spiro atoms. The van der Waals surface area contributed by atoms with Crippen molar-refractivity contribution in [1.82, 2.24) is 9.21 Å². The number of piperidine rings is 1. The van der Waals surface area contributed by atoms with E-state index in [-0.39, 0.29) is 6.04 Å². The van der Waals surface area contributed by atoms with Gasteiger partial charge >= 0.3 is 0 Å².